The highest BCUT2D eigenvalue weighted by molar-refractivity contribution is 5.73. The highest BCUT2D eigenvalue weighted by Crippen LogP contribution is 2.13. The second kappa shape index (κ2) is 6.29. The largest absolute Gasteiger partial charge is 0.467 e. The molecule has 0 bridgehead atoms. The standard InChI is InChI=1S/C14H18N2O4/c1-9-6-11(10(2)20-9)7-15-14(18)16-8-12(17)13-4-3-5-19-13/h3-6,12,17H,7-8H2,1-2H3,(H2,15,16,18). The van der Waals surface area contributed by atoms with Crippen LogP contribution in [-0.2, 0) is 6.54 Å². The fourth-order valence-electron chi connectivity index (χ4n) is 1.87. The van der Waals surface area contributed by atoms with E-state index in [0.717, 1.165) is 17.1 Å². The molecule has 0 radical (unpaired) electrons. The molecule has 1 unspecified atom stereocenters. The topological polar surface area (TPSA) is 87.6 Å². The minimum atomic E-state index is -0.853. The van der Waals surface area contributed by atoms with E-state index < -0.39 is 6.10 Å². The van der Waals surface area contributed by atoms with Crippen molar-refractivity contribution in [1.82, 2.24) is 10.6 Å². The maximum Gasteiger partial charge on any atom is 0.315 e. The molecule has 20 heavy (non-hydrogen) atoms. The van der Waals surface area contributed by atoms with Crippen molar-refractivity contribution in [2.75, 3.05) is 6.54 Å². The normalized spacial score (nSPS) is 12.2. The number of hydrogen-bond donors (Lipinski definition) is 3. The smallest absolute Gasteiger partial charge is 0.315 e. The van der Waals surface area contributed by atoms with Crippen molar-refractivity contribution in [3.8, 4) is 0 Å². The lowest BCUT2D eigenvalue weighted by molar-refractivity contribution is 0.148. The van der Waals surface area contributed by atoms with Gasteiger partial charge in [-0.15, -0.1) is 0 Å². The van der Waals surface area contributed by atoms with Crippen molar-refractivity contribution < 1.29 is 18.7 Å². The Balaban J connectivity index is 1.74. The maximum absolute atomic E-state index is 11.6. The van der Waals surface area contributed by atoms with Crippen LogP contribution in [0.4, 0.5) is 4.79 Å². The molecule has 1 atom stereocenters. The summed E-state index contributed by atoms with van der Waals surface area (Å²) in [6.07, 6.45) is 0.622. The molecule has 0 saturated heterocycles. The number of aryl methyl sites for hydroxylation is 2. The zero-order chi connectivity index (χ0) is 14.5. The SMILES string of the molecule is Cc1cc(CNC(=O)NCC(O)c2ccco2)c(C)o1. The van der Waals surface area contributed by atoms with Gasteiger partial charge in [-0.2, -0.15) is 0 Å². The Kier molecular flexibility index (Phi) is 4.47. The van der Waals surface area contributed by atoms with E-state index in [1.165, 1.54) is 6.26 Å². The van der Waals surface area contributed by atoms with Gasteiger partial charge in [0.05, 0.1) is 12.8 Å². The summed E-state index contributed by atoms with van der Waals surface area (Å²) in [7, 11) is 0. The van der Waals surface area contributed by atoms with Crippen molar-refractivity contribution >= 4 is 6.03 Å². The van der Waals surface area contributed by atoms with Gasteiger partial charge in [-0.25, -0.2) is 4.79 Å². The van der Waals surface area contributed by atoms with E-state index in [1.54, 1.807) is 12.1 Å². The first-order valence-corrected chi connectivity index (χ1v) is 6.35. The minimum absolute atomic E-state index is 0.0861. The van der Waals surface area contributed by atoms with Crippen LogP contribution in [0.5, 0.6) is 0 Å². The average molecular weight is 278 g/mol. The summed E-state index contributed by atoms with van der Waals surface area (Å²) in [5.74, 6) is 2.03. The number of carbonyl (C=O) groups excluding carboxylic acids is 1. The number of rotatable bonds is 5. The molecule has 0 saturated carbocycles. The van der Waals surface area contributed by atoms with Crippen LogP contribution < -0.4 is 10.6 Å². The predicted molar refractivity (Wildman–Crippen MR) is 72.1 cm³/mol. The predicted octanol–water partition coefficient (Wildman–Crippen LogP) is 2.02. The van der Waals surface area contributed by atoms with Crippen LogP contribution >= 0.6 is 0 Å². The molecule has 0 aliphatic rings. The molecule has 6 nitrogen and oxygen atoms in total. The molecule has 108 valence electrons. The van der Waals surface area contributed by atoms with Gasteiger partial charge in [-0.05, 0) is 32.0 Å². The Labute approximate surface area is 116 Å². The Hall–Kier alpha value is -2.21. The number of aliphatic hydroxyl groups is 1. The molecule has 2 rings (SSSR count). The fraction of sp³-hybridized carbons (Fsp3) is 0.357. The quantitative estimate of drug-likeness (QED) is 0.780. The first kappa shape index (κ1) is 14.2. The summed E-state index contributed by atoms with van der Waals surface area (Å²) in [6, 6.07) is 4.87. The number of urea groups is 1. The molecule has 2 amide bonds. The Morgan fingerprint density at radius 1 is 1.40 bits per heavy atom. The van der Waals surface area contributed by atoms with Crippen LogP contribution in [0.1, 0.15) is 28.9 Å². The van der Waals surface area contributed by atoms with E-state index >= 15 is 0 Å². The molecule has 3 N–H and O–H groups in total. The number of furan rings is 2. The van der Waals surface area contributed by atoms with E-state index in [2.05, 4.69) is 10.6 Å². The summed E-state index contributed by atoms with van der Waals surface area (Å²) in [5, 5.41) is 15.0. The molecule has 0 spiro atoms. The molecule has 2 heterocycles. The molecule has 6 heteroatoms. The molecule has 0 aliphatic carbocycles. The van der Waals surface area contributed by atoms with Crippen LogP contribution in [0.15, 0.2) is 33.3 Å². The van der Waals surface area contributed by atoms with Gasteiger partial charge >= 0.3 is 6.03 Å². The van der Waals surface area contributed by atoms with Gasteiger partial charge < -0.3 is 24.6 Å². The fourth-order valence-corrected chi connectivity index (χ4v) is 1.87. The first-order valence-electron chi connectivity index (χ1n) is 6.35. The molecular weight excluding hydrogens is 260 g/mol. The lowest BCUT2D eigenvalue weighted by Gasteiger charge is -2.10. The summed E-state index contributed by atoms with van der Waals surface area (Å²) in [6.45, 7) is 4.17. The van der Waals surface area contributed by atoms with Crippen LogP contribution in [0.25, 0.3) is 0 Å². The number of nitrogens with one attached hydrogen (secondary N) is 2. The first-order chi connectivity index (χ1) is 9.56. The second-order valence-electron chi connectivity index (χ2n) is 4.53. The molecule has 2 aromatic rings. The zero-order valence-corrected chi connectivity index (χ0v) is 11.5. The van der Waals surface area contributed by atoms with Crippen molar-refractivity contribution in [3.05, 3.63) is 47.3 Å². The number of hydrogen-bond acceptors (Lipinski definition) is 4. The van der Waals surface area contributed by atoms with Gasteiger partial charge in [-0.3, -0.25) is 0 Å². The van der Waals surface area contributed by atoms with Gasteiger partial charge in [0.2, 0.25) is 0 Å². The molecule has 0 fully saturated rings. The highest BCUT2D eigenvalue weighted by Gasteiger charge is 2.12. The van der Waals surface area contributed by atoms with Crippen LogP contribution in [0.3, 0.4) is 0 Å². The third kappa shape index (κ3) is 3.64. The maximum atomic E-state index is 11.6. The third-order valence-electron chi connectivity index (χ3n) is 2.91. The third-order valence-corrected chi connectivity index (χ3v) is 2.91. The summed E-state index contributed by atoms with van der Waals surface area (Å²) in [4.78, 5) is 11.6. The Morgan fingerprint density at radius 2 is 2.20 bits per heavy atom. The summed E-state index contributed by atoms with van der Waals surface area (Å²) >= 11 is 0. The van der Waals surface area contributed by atoms with Gasteiger partial charge in [0.25, 0.3) is 0 Å². The van der Waals surface area contributed by atoms with E-state index in [4.69, 9.17) is 8.83 Å². The van der Waals surface area contributed by atoms with Gasteiger partial charge in [-0.1, -0.05) is 0 Å². The van der Waals surface area contributed by atoms with Gasteiger partial charge in [0, 0.05) is 12.1 Å². The van der Waals surface area contributed by atoms with E-state index in [0.29, 0.717) is 12.3 Å². The lowest BCUT2D eigenvalue weighted by atomic mass is 10.2. The zero-order valence-electron chi connectivity index (χ0n) is 11.5. The lowest BCUT2D eigenvalue weighted by Crippen LogP contribution is -2.37. The van der Waals surface area contributed by atoms with Crippen LogP contribution in [0, 0.1) is 13.8 Å². The van der Waals surface area contributed by atoms with Gasteiger partial charge in [0.15, 0.2) is 0 Å². The number of carbonyl (C=O) groups is 1. The molecule has 0 aromatic carbocycles. The van der Waals surface area contributed by atoms with Crippen molar-refractivity contribution in [2.24, 2.45) is 0 Å². The minimum Gasteiger partial charge on any atom is -0.467 e. The van der Waals surface area contributed by atoms with Crippen molar-refractivity contribution in [1.29, 1.82) is 0 Å². The van der Waals surface area contributed by atoms with E-state index in [-0.39, 0.29) is 12.6 Å². The Bertz CT molecular complexity index is 560. The highest BCUT2D eigenvalue weighted by atomic mass is 16.4. The monoisotopic (exact) mass is 278 g/mol. The van der Waals surface area contributed by atoms with Crippen molar-refractivity contribution in [2.45, 2.75) is 26.5 Å². The van der Waals surface area contributed by atoms with Crippen LogP contribution in [0.2, 0.25) is 0 Å². The molecule has 2 aromatic heterocycles. The molecule has 0 aliphatic heterocycles. The van der Waals surface area contributed by atoms with E-state index in [9.17, 15) is 9.90 Å². The number of amides is 2. The van der Waals surface area contributed by atoms with Crippen LogP contribution in [-0.4, -0.2) is 17.7 Å². The molecular formula is C14H18N2O4. The van der Waals surface area contributed by atoms with Crippen molar-refractivity contribution in [3.63, 3.8) is 0 Å². The van der Waals surface area contributed by atoms with E-state index in [1.807, 2.05) is 19.9 Å². The van der Waals surface area contributed by atoms with Gasteiger partial charge in [0.1, 0.15) is 23.4 Å². The average Bonchev–Trinajstić information content (AvgIpc) is 3.03. The number of aliphatic hydroxyl groups excluding tert-OH is 1. The summed E-state index contributed by atoms with van der Waals surface area (Å²) < 4.78 is 10.4. The summed E-state index contributed by atoms with van der Waals surface area (Å²) in [5.41, 5.74) is 0.934. The second-order valence-corrected chi connectivity index (χ2v) is 4.53. The Morgan fingerprint density at radius 3 is 2.80 bits per heavy atom.